The summed E-state index contributed by atoms with van der Waals surface area (Å²) in [6.07, 6.45) is 5.85. The zero-order chi connectivity index (χ0) is 17.5. The van der Waals surface area contributed by atoms with Gasteiger partial charge >= 0.3 is 0 Å². The lowest BCUT2D eigenvalue weighted by Gasteiger charge is -2.07. The fourth-order valence-electron chi connectivity index (χ4n) is 2.65. The highest BCUT2D eigenvalue weighted by atomic mass is 32.1. The average Bonchev–Trinajstić information content (AvgIpc) is 2.52. The molecule has 2 rings (SSSR count). The number of rotatable bonds is 8. The first-order valence-corrected chi connectivity index (χ1v) is 8.93. The molecule has 0 radical (unpaired) electrons. The average molecular weight is 347 g/mol. The summed E-state index contributed by atoms with van der Waals surface area (Å²) in [5.74, 6) is 0.635. The molecule has 2 aromatic rings. The van der Waals surface area contributed by atoms with Crippen molar-refractivity contribution in [2.45, 2.75) is 46.0 Å². The minimum atomic E-state index is -0.248. The van der Waals surface area contributed by atoms with E-state index in [-0.39, 0.29) is 16.2 Å². The lowest BCUT2D eigenvalue weighted by molar-refractivity contribution is 0.0953. The molecule has 130 valence electrons. The van der Waals surface area contributed by atoms with Crippen molar-refractivity contribution in [3.63, 3.8) is 0 Å². The van der Waals surface area contributed by atoms with Crippen molar-refractivity contribution in [2.24, 2.45) is 5.92 Å². The standard InChI is InChI=1S/C18H25N3O2S/c1-12(2)7-5-3-4-6-10-19-16(22)13-8-9-14-15(11-13)20-18(24)21-17(14)23/h8-9,11-12H,3-7,10H2,1-2H3,(H,19,22)(H2,20,21,23,24). The van der Waals surface area contributed by atoms with Crippen LogP contribution in [0.5, 0.6) is 0 Å². The first-order valence-electron chi connectivity index (χ1n) is 8.52. The highest BCUT2D eigenvalue weighted by molar-refractivity contribution is 7.71. The molecule has 1 amide bonds. The molecule has 1 aromatic heterocycles. The number of nitrogens with one attached hydrogen (secondary N) is 3. The van der Waals surface area contributed by atoms with E-state index >= 15 is 0 Å². The van der Waals surface area contributed by atoms with Crippen molar-refractivity contribution in [3.8, 4) is 0 Å². The number of aromatic nitrogens is 2. The lowest BCUT2D eigenvalue weighted by Crippen LogP contribution is -2.24. The SMILES string of the molecule is CC(C)CCCCCCNC(=O)c1ccc2c(=O)[nH]c(=S)[nH]c2c1. The van der Waals surface area contributed by atoms with Gasteiger partial charge < -0.3 is 10.3 Å². The van der Waals surface area contributed by atoms with E-state index < -0.39 is 0 Å². The van der Waals surface area contributed by atoms with E-state index in [4.69, 9.17) is 12.2 Å². The maximum atomic E-state index is 12.2. The molecule has 6 heteroatoms. The molecule has 0 aliphatic carbocycles. The summed E-state index contributed by atoms with van der Waals surface area (Å²) in [4.78, 5) is 29.4. The van der Waals surface area contributed by atoms with E-state index in [0.29, 0.717) is 23.0 Å². The second-order valence-corrected chi connectivity index (χ2v) is 6.93. The smallest absolute Gasteiger partial charge is 0.259 e. The summed E-state index contributed by atoms with van der Waals surface area (Å²) in [7, 11) is 0. The van der Waals surface area contributed by atoms with Crippen LogP contribution in [0.4, 0.5) is 0 Å². The summed E-state index contributed by atoms with van der Waals surface area (Å²) >= 11 is 4.96. The number of hydrogen-bond acceptors (Lipinski definition) is 3. The van der Waals surface area contributed by atoms with Gasteiger partial charge in [0.25, 0.3) is 11.5 Å². The molecular weight excluding hydrogens is 322 g/mol. The van der Waals surface area contributed by atoms with Gasteiger partial charge in [-0.1, -0.05) is 39.5 Å². The number of carbonyl (C=O) groups excluding carboxylic acids is 1. The second-order valence-electron chi connectivity index (χ2n) is 6.52. The molecule has 1 aromatic carbocycles. The van der Waals surface area contributed by atoms with Crippen molar-refractivity contribution < 1.29 is 4.79 Å². The Morgan fingerprint density at radius 2 is 1.92 bits per heavy atom. The Kier molecular flexibility index (Phi) is 6.73. The van der Waals surface area contributed by atoms with Crippen LogP contribution < -0.4 is 10.9 Å². The van der Waals surface area contributed by atoms with Gasteiger partial charge in [-0.15, -0.1) is 0 Å². The van der Waals surface area contributed by atoms with E-state index in [9.17, 15) is 9.59 Å². The largest absolute Gasteiger partial charge is 0.352 e. The number of amides is 1. The summed E-state index contributed by atoms with van der Waals surface area (Å²) in [6.45, 7) is 5.15. The number of fused-ring (bicyclic) bond motifs is 1. The predicted molar refractivity (Wildman–Crippen MR) is 100 cm³/mol. The van der Waals surface area contributed by atoms with Gasteiger partial charge in [-0.25, -0.2) is 0 Å². The number of H-pyrrole nitrogens is 2. The van der Waals surface area contributed by atoms with Gasteiger partial charge in [0.2, 0.25) is 0 Å². The number of benzene rings is 1. The van der Waals surface area contributed by atoms with Gasteiger partial charge in [0.1, 0.15) is 0 Å². The normalized spacial score (nSPS) is 11.1. The minimum absolute atomic E-state index is 0.126. The Morgan fingerprint density at radius 3 is 2.67 bits per heavy atom. The Labute approximate surface area is 146 Å². The van der Waals surface area contributed by atoms with E-state index in [1.807, 2.05) is 0 Å². The van der Waals surface area contributed by atoms with Crippen molar-refractivity contribution in [3.05, 3.63) is 38.9 Å². The molecule has 5 nitrogen and oxygen atoms in total. The van der Waals surface area contributed by atoms with Gasteiger partial charge in [0.15, 0.2) is 4.77 Å². The third-order valence-electron chi connectivity index (χ3n) is 4.00. The molecule has 0 aliphatic heterocycles. The van der Waals surface area contributed by atoms with Crippen molar-refractivity contribution >= 4 is 29.0 Å². The molecule has 0 aliphatic rings. The van der Waals surface area contributed by atoms with Crippen LogP contribution >= 0.6 is 12.2 Å². The van der Waals surface area contributed by atoms with Crippen LogP contribution in [0.2, 0.25) is 0 Å². The molecule has 0 saturated heterocycles. The zero-order valence-corrected chi connectivity index (χ0v) is 15.1. The van der Waals surface area contributed by atoms with E-state index in [1.165, 1.54) is 19.3 Å². The maximum absolute atomic E-state index is 12.2. The third kappa shape index (κ3) is 5.30. The molecule has 0 bridgehead atoms. The fraction of sp³-hybridized carbons (Fsp3) is 0.500. The summed E-state index contributed by atoms with van der Waals surface area (Å²) < 4.78 is 0.256. The van der Waals surface area contributed by atoms with Crippen LogP contribution in [0.3, 0.4) is 0 Å². The van der Waals surface area contributed by atoms with Gasteiger partial charge in [0, 0.05) is 12.1 Å². The van der Waals surface area contributed by atoms with Crippen molar-refractivity contribution in [2.75, 3.05) is 6.54 Å². The highest BCUT2D eigenvalue weighted by Crippen LogP contribution is 2.11. The topological polar surface area (TPSA) is 77.8 Å². The summed E-state index contributed by atoms with van der Waals surface area (Å²) in [5.41, 5.74) is 0.853. The number of aromatic amines is 2. The third-order valence-corrected chi connectivity index (χ3v) is 4.20. The molecule has 0 unspecified atom stereocenters. The van der Waals surface area contributed by atoms with E-state index in [0.717, 1.165) is 18.8 Å². The molecule has 0 fully saturated rings. The highest BCUT2D eigenvalue weighted by Gasteiger charge is 2.07. The number of carbonyl (C=O) groups is 1. The Morgan fingerprint density at radius 1 is 1.17 bits per heavy atom. The van der Waals surface area contributed by atoms with Gasteiger partial charge in [0.05, 0.1) is 10.9 Å². The monoisotopic (exact) mass is 347 g/mol. The molecular formula is C18H25N3O2S. The molecule has 3 N–H and O–H groups in total. The van der Waals surface area contributed by atoms with E-state index in [1.54, 1.807) is 18.2 Å². The Bertz CT molecular complexity index is 808. The van der Waals surface area contributed by atoms with Gasteiger partial charge in [-0.3, -0.25) is 14.6 Å². The van der Waals surface area contributed by atoms with Crippen molar-refractivity contribution in [1.29, 1.82) is 0 Å². The maximum Gasteiger partial charge on any atom is 0.259 e. The van der Waals surface area contributed by atoms with Gasteiger partial charge in [-0.2, -0.15) is 0 Å². The number of hydrogen-bond donors (Lipinski definition) is 3. The molecule has 1 heterocycles. The first-order chi connectivity index (χ1) is 11.5. The Balaban J connectivity index is 1.86. The quantitative estimate of drug-likeness (QED) is 0.500. The summed E-state index contributed by atoms with van der Waals surface area (Å²) in [5, 5.41) is 3.42. The lowest BCUT2D eigenvalue weighted by atomic mass is 10.0. The van der Waals surface area contributed by atoms with E-state index in [2.05, 4.69) is 29.1 Å². The Hall–Kier alpha value is -1.95. The van der Waals surface area contributed by atoms with Crippen LogP contribution in [0, 0.1) is 10.7 Å². The van der Waals surface area contributed by atoms with Crippen LogP contribution in [0.25, 0.3) is 10.9 Å². The van der Waals surface area contributed by atoms with Gasteiger partial charge in [-0.05, 0) is 42.8 Å². The first kappa shape index (κ1) is 18.4. The van der Waals surface area contributed by atoms with Crippen molar-refractivity contribution in [1.82, 2.24) is 15.3 Å². The van der Waals surface area contributed by atoms with Crippen LogP contribution in [0.15, 0.2) is 23.0 Å². The number of unbranched alkanes of at least 4 members (excludes halogenated alkanes) is 3. The predicted octanol–water partition coefficient (Wildman–Crippen LogP) is 3.92. The van der Waals surface area contributed by atoms with Crippen LogP contribution in [-0.2, 0) is 0 Å². The molecule has 24 heavy (non-hydrogen) atoms. The second kappa shape index (κ2) is 8.78. The van der Waals surface area contributed by atoms with Crippen LogP contribution in [0.1, 0.15) is 56.3 Å². The molecule has 0 saturated carbocycles. The minimum Gasteiger partial charge on any atom is -0.352 e. The summed E-state index contributed by atoms with van der Waals surface area (Å²) in [6, 6.07) is 4.96. The van der Waals surface area contributed by atoms with Crippen LogP contribution in [-0.4, -0.2) is 22.4 Å². The molecule has 0 spiro atoms. The zero-order valence-electron chi connectivity index (χ0n) is 14.3. The fourth-order valence-corrected chi connectivity index (χ4v) is 2.85. The molecule has 0 atom stereocenters.